The van der Waals surface area contributed by atoms with Gasteiger partial charge in [-0.2, -0.15) is 0 Å². The standard InChI is InChI=1S/C31H60O5/c1-3-5-7-9-11-13-14-15-16-17-18-20-21-23-25-30(33)35-28-29(27-32)36-31(34)26-24-22-19-12-10-8-6-4-2/h29,32H,3-28H2,1-2H3/t29-/m0/s1. The van der Waals surface area contributed by atoms with Gasteiger partial charge in [-0.3, -0.25) is 9.59 Å². The highest BCUT2D eigenvalue weighted by atomic mass is 16.6. The van der Waals surface area contributed by atoms with Gasteiger partial charge in [0, 0.05) is 12.8 Å². The molecule has 1 atom stereocenters. The lowest BCUT2D eigenvalue weighted by Gasteiger charge is -2.15. The van der Waals surface area contributed by atoms with Crippen molar-refractivity contribution in [1.82, 2.24) is 0 Å². The average Bonchev–Trinajstić information content (AvgIpc) is 2.88. The van der Waals surface area contributed by atoms with E-state index in [2.05, 4.69) is 13.8 Å². The maximum atomic E-state index is 12.0. The molecule has 5 heteroatoms. The maximum absolute atomic E-state index is 12.0. The smallest absolute Gasteiger partial charge is 0.306 e. The second-order valence-electron chi connectivity index (χ2n) is 10.5. The molecule has 5 nitrogen and oxygen atoms in total. The highest BCUT2D eigenvalue weighted by Crippen LogP contribution is 2.14. The Morgan fingerprint density at radius 1 is 0.528 bits per heavy atom. The van der Waals surface area contributed by atoms with Crippen LogP contribution in [0.4, 0.5) is 0 Å². The zero-order valence-electron chi connectivity index (χ0n) is 24.0. The van der Waals surface area contributed by atoms with E-state index >= 15 is 0 Å². The van der Waals surface area contributed by atoms with Gasteiger partial charge in [0.15, 0.2) is 6.10 Å². The summed E-state index contributed by atoms with van der Waals surface area (Å²) in [5.41, 5.74) is 0. The fraction of sp³-hybridized carbons (Fsp3) is 0.935. The van der Waals surface area contributed by atoms with Crippen LogP contribution in [-0.4, -0.2) is 36.4 Å². The van der Waals surface area contributed by atoms with Crippen LogP contribution < -0.4 is 0 Å². The molecule has 0 aliphatic rings. The SMILES string of the molecule is CCCCCCCCCCCCCCCCC(=O)OC[C@H](CO)OC(=O)CCCCCCCCCC. The molecular weight excluding hydrogens is 452 g/mol. The van der Waals surface area contributed by atoms with E-state index in [0.717, 1.165) is 32.1 Å². The predicted octanol–water partition coefficient (Wildman–Crippen LogP) is 8.84. The molecule has 0 radical (unpaired) electrons. The number of rotatable bonds is 28. The summed E-state index contributed by atoms with van der Waals surface area (Å²) in [6.07, 6.45) is 27.3. The summed E-state index contributed by atoms with van der Waals surface area (Å²) in [4.78, 5) is 23.9. The normalized spacial score (nSPS) is 12.0. The van der Waals surface area contributed by atoms with Crippen LogP contribution in [0.2, 0.25) is 0 Å². The first-order chi connectivity index (χ1) is 17.6. The van der Waals surface area contributed by atoms with Gasteiger partial charge in [0.25, 0.3) is 0 Å². The van der Waals surface area contributed by atoms with Gasteiger partial charge >= 0.3 is 11.9 Å². The van der Waals surface area contributed by atoms with E-state index in [0.29, 0.717) is 12.8 Å². The van der Waals surface area contributed by atoms with Gasteiger partial charge in [0.2, 0.25) is 0 Å². The van der Waals surface area contributed by atoms with E-state index in [-0.39, 0.29) is 25.2 Å². The van der Waals surface area contributed by atoms with Gasteiger partial charge in [0.05, 0.1) is 6.61 Å². The lowest BCUT2D eigenvalue weighted by atomic mass is 10.0. The Hall–Kier alpha value is -1.10. The van der Waals surface area contributed by atoms with E-state index in [1.807, 2.05) is 0 Å². The number of esters is 2. The third kappa shape index (κ3) is 26.0. The fourth-order valence-electron chi connectivity index (χ4n) is 4.49. The van der Waals surface area contributed by atoms with Crippen molar-refractivity contribution < 1.29 is 24.2 Å². The molecule has 36 heavy (non-hydrogen) atoms. The summed E-state index contributed by atoms with van der Waals surface area (Å²) in [6.45, 7) is 4.10. The molecule has 0 rings (SSSR count). The van der Waals surface area contributed by atoms with Gasteiger partial charge < -0.3 is 14.6 Å². The Bertz CT molecular complexity index is 480. The Morgan fingerprint density at radius 2 is 0.861 bits per heavy atom. The highest BCUT2D eigenvalue weighted by molar-refractivity contribution is 5.70. The zero-order valence-corrected chi connectivity index (χ0v) is 24.0. The van der Waals surface area contributed by atoms with Crippen LogP contribution in [0.25, 0.3) is 0 Å². The molecule has 0 aromatic heterocycles. The zero-order chi connectivity index (χ0) is 26.5. The quantitative estimate of drug-likeness (QED) is 0.0837. The van der Waals surface area contributed by atoms with Gasteiger partial charge in [-0.05, 0) is 12.8 Å². The van der Waals surface area contributed by atoms with Crippen LogP contribution in [0.1, 0.15) is 168 Å². The number of carbonyl (C=O) groups excluding carboxylic acids is 2. The third-order valence-corrected chi connectivity index (χ3v) is 6.90. The van der Waals surface area contributed by atoms with Crippen molar-refractivity contribution in [2.75, 3.05) is 13.2 Å². The molecule has 0 bridgehead atoms. The van der Waals surface area contributed by atoms with Crippen molar-refractivity contribution >= 4 is 11.9 Å². The summed E-state index contributed by atoms with van der Waals surface area (Å²) in [5, 5.41) is 9.44. The van der Waals surface area contributed by atoms with E-state index in [4.69, 9.17) is 9.47 Å². The number of carbonyl (C=O) groups is 2. The van der Waals surface area contributed by atoms with Crippen LogP contribution in [-0.2, 0) is 19.1 Å². The van der Waals surface area contributed by atoms with E-state index in [1.54, 1.807) is 0 Å². The number of hydrogen-bond acceptors (Lipinski definition) is 5. The first-order valence-corrected chi connectivity index (χ1v) is 15.6. The average molecular weight is 513 g/mol. The van der Waals surface area contributed by atoms with Crippen LogP contribution in [0.15, 0.2) is 0 Å². The second kappa shape index (κ2) is 28.5. The Morgan fingerprint density at radius 3 is 1.22 bits per heavy atom. The predicted molar refractivity (Wildman–Crippen MR) is 150 cm³/mol. The van der Waals surface area contributed by atoms with Crippen LogP contribution in [0.3, 0.4) is 0 Å². The largest absolute Gasteiger partial charge is 0.462 e. The van der Waals surface area contributed by atoms with Gasteiger partial charge in [-0.25, -0.2) is 0 Å². The number of unbranched alkanes of at least 4 members (excludes halogenated alkanes) is 20. The lowest BCUT2D eigenvalue weighted by Crippen LogP contribution is -2.28. The topological polar surface area (TPSA) is 72.8 Å². The summed E-state index contributed by atoms with van der Waals surface area (Å²) in [7, 11) is 0. The molecular formula is C31H60O5. The minimum absolute atomic E-state index is 0.0584. The van der Waals surface area contributed by atoms with Crippen molar-refractivity contribution in [3.63, 3.8) is 0 Å². The minimum Gasteiger partial charge on any atom is -0.462 e. The van der Waals surface area contributed by atoms with Gasteiger partial charge in [-0.1, -0.05) is 142 Å². The molecule has 1 N–H and O–H groups in total. The first-order valence-electron chi connectivity index (χ1n) is 15.6. The summed E-state index contributed by atoms with van der Waals surface area (Å²) in [6, 6.07) is 0. The number of hydrogen-bond donors (Lipinski definition) is 1. The molecule has 0 amide bonds. The van der Waals surface area contributed by atoms with Crippen molar-refractivity contribution in [3.05, 3.63) is 0 Å². The summed E-state index contributed by atoms with van der Waals surface area (Å²) < 4.78 is 10.5. The van der Waals surface area contributed by atoms with Gasteiger partial charge in [0.1, 0.15) is 6.61 Å². The molecule has 0 fully saturated rings. The minimum atomic E-state index is -0.758. The van der Waals surface area contributed by atoms with Gasteiger partial charge in [-0.15, -0.1) is 0 Å². The Labute approximate surface area is 223 Å². The number of aliphatic hydroxyl groups is 1. The van der Waals surface area contributed by atoms with Crippen molar-refractivity contribution in [2.45, 2.75) is 174 Å². The number of aliphatic hydroxyl groups excluding tert-OH is 1. The molecule has 214 valence electrons. The molecule has 0 heterocycles. The highest BCUT2D eigenvalue weighted by Gasteiger charge is 2.16. The lowest BCUT2D eigenvalue weighted by molar-refractivity contribution is -0.161. The molecule has 0 aromatic rings. The first kappa shape index (κ1) is 34.9. The third-order valence-electron chi connectivity index (χ3n) is 6.90. The summed E-state index contributed by atoms with van der Waals surface area (Å²) in [5.74, 6) is -0.588. The monoisotopic (exact) mass is 512 g/mol. The Kier molecular flexibility index (Phi) is 27.6. The fourth-order valence-corrected chi connectivity index (χ4v) is 4.49. The molecule has 0 aliphatic heterocycles. The molecule has 0 aromatic carbocycles. The molecule has 0 aliphatic carbocycles. The number of ether oxygens (including phenoxy) is 2. The van der Waals surface area contributed by atoms with Crippen molar-refractivity contribution in [1.29, 1.82) is 0 Å². The van der Waals surface area contributed by atoms with Crippen LogP contribution >= 0.6 is 0 Å². The van der Waals surface area contributed by atoms with E-state index in [1.165, 1.54) is 109 Å². The molecule has 0 saturated carbocycles. The van der Waals surface area contributed by atoms with Crippen LogP contribution in [0.5, 0.6) is 0 Å². The van der Waals surface area contributed by atoms with E-state index in [9.17, 15) is 14.7 Å². The Balaban J connectivity index is 3.53. The van der Waals surface area contributed by atoms with E-state index < -0.39 is 6.10 Å². The maximum Gasteiger partial charge on any atom is 0.306 e. The van der Waals surface area contributed by atoms with Crippen molar-refractivity contribution in [3.8, 4) is 0 Å². The van der Waals surface area contributed by atoms with Crippen molar-refractivity contribution in [2.24, 2.45) is 0 Å². The molecule has 0 saturated heterocycles. The summed E-state index contributed by atoms with van der Waals surface area (Å²) >= 11 is 0. The van der Waals surface area contributed by atoms with Crippen LogP contribution in [0, 0.1) is 0 Å². The molecule has 0 unspecified atom stereocenters. The molecule has 0 spiro atoms. The second-order valence-corrected chi connectivity index (χ2v) is 10.5.